The first-order valence-electron chi connectivity index (χ1n) is 7.04. The van der Waals surface area contributed by atoms with Crippen LogP contribution in [0.4, 0.5) is 10.5 Å². The van der Waals surface area contributed by atoms with E-state index in [1.807, 2.05) is 13.0 Å². The van der Waals surface area contributed by atoms with E-state index >= 15 is 0 Å². The van der Waals surface area contributed by atoms with Crippen molar-refractivity contribution in [2.24, 2.45) is 0 Å². The van der Waals surface area contributed by atoms with Crippen molar-refractivity contribution in [3.8, 4) is 6.07 Å². The van der Waals surface area contributed by atoms with Crippen molar-refractivity contribution in [1.82, 2.24) is 9.80 Å². The second-order valence-electron chi connectivity index (χ2n) is 5.12. The third-order valence-corrected chi connectivity index (χ3v) is 3.68. The highest BCUT2D eigenvalue weighted by molar-refractivity contribution is 5.90. The zero-order valence-corrected chi connectivity index (χ0v) is 12.2. The van der Waals surface area contributed by atoms with Crippen molar-refractivity contribution in [2.75, 3.05) is 44.6 Å². The minimum Gasteiger partial charge on any atom is -0.395 e. The Kier molecular flexibility index (Phi) is 5.14. The lowest BCUT2D eigenvalue weighted by molar-refractivity contribution is 0.127. The second kappa shape index (κ2) is 7.07. The van der Waals surface area contributed by atoms with E-state index in [1.165, 1.54) is 0 Å². The number of hydrogen-bond acceptors (Lipinski definition) is 4. The average Bonchev–Trinajstić information content (AvgIpc) is 2.50. The molecule has 0 radical (unpaired) electrons. The van der Waals surface area contributed by atoms with Gasteiger partial charge in [-0.3, -0.25) is 4.90 Å². The predicted molar refractivity (Wildman–Crippen MR) is 80.0 cm³/mol. The molecule has 1 aliphatic heterocycles. The summed E-state index contributed by atoms with van der Waals surface area (Å²) in [5.74, 6) is 0. The molecule has 0 saturated carbocycles. The number of anilines is 1. The maximum absolute atomic E-state index is 12.2. The van der Waals surface area contributed by atoms with E-state index in [2.05, 4.69) is 16.3 Å². The molecule has 1 aromatic carbocycles. The fourth-order valence-corrected chi connectivity index (χ4v) is 2.34. The Bertz CT molecular complexity index is 545. The van der Waals surface area contributed by atoms with Gasteiger partial charge in [-0.05, 0) is 24.6 Å². The number of rotatable bonds is 3. The van der Waals surface area contributed by atoms with Crippen molar-refractivity contribution in [3.05, 3.63) is 29.3 Å². The van der Waals surface area contributed by atoms with E-state index in [4.69, 9.17) is 10.4 Å². The van der Waals surface area contributed by atoms with Crippen LogP contribution in [0.3, 0.4) is 0 Å². The van der Waals surface area contributed by atoms with Crippen LogP contribution in [-0.2, 0) is 0 Å². The van der Waals surface area contributed by atoms with Crippen LogP contribution in [-0.4, -0.2) is 60.3 Å². The summed E-state index contributed by atoms with van der Waals surface area (Å²) >= 11 is 0. The lowest BCUT2D eigenvalue weighted by Gasteiger charge is -2.34. The van der Waals surface area contributed by atoms with E-state index in [9.17, 15) is 4.79 Å². The minimum absolute atomic E-state index is 0.142. The molecular formula is C15H20N4O2. The van der Waals surface area contributed by atoms with Gasteiger partial charge in [0, 0.05) is 38.4 Å². The molecule has 0 aliphatic carbocycles. The molecule has 0 atom stereocenters. The highest BCUT2D eigenvalue weighted by Gasteiger charge is 2.21. The third-order valence-electron chi connectivity index (χ3n) is 3.68. The van der Waals surface area contributed by atoms with Crippen LogP contribution in [0.5, 0.6) is 0 Å². The smallest absolute Gasteiger partial charge is 0.321 e. The molecule has 1 aromatic rings. The topological polar surface area (TPSA) is 79.6 Å². The molecule has 0 unspecified atom stereocenters. The fourth-order valence-electron chi connectivity index (χ4n) is 2.34. The molecule has 2 N–H and O–H groups in total. The van der Waals surface area contributed by atoms with Gasteiger partial charge in [0.15, 0.2) is 0 Å². The summed E-state index contributed by atoms with van der Waals surface area (Å²) in [6.07, 6.45) is 0. The van der Waals surface area contributed by atoms with Gasteiger partial charge in [-0.25, -0.2) is 4.79 Å². The molecule has 2 rings (SSSR count). The van der Waals surface area contributed by atoms with Crippen molar-refractivity contribution in [1.29, 1.82) is 5.26 Å². The number of hydrogen-bond donors (Lipinski definition) is 2. The summed E-state index contributed by atoms with van der Waals surface area (Å²) in [7, 11) is 0. The monoisotopic (exact) mass is 288 g/mol. The molecule has 1 fully saturated rings. The van der Waals surface area contributed by atoms with Crippen LogP contribution < -0.4 is 5.32 Å². The van der Waals surface area contributed by atoms with Gasteiger partial charge in [0.1, 0.15) is 0 Å². The number of aliphatic hydroxyl groups is 1. The van der Waals surface area contributed by atoms with Gasteiger partial charge in [-0.2, -0.15) is 5.26 Å². The highest BCUT2D eigenvalue weighted by atomic mass is 16.3. The van der Waals surface area contributed by atoms with Gasteiger partial charge >= 0.3 is 6.03 Å². The zero-order valence-electron chi connectivity index (χ0n) is 12.2. The van der Waals surface area contributed by atoms with E-state index in [0.717, 1.165) is 18.7 Å². The lowest BCUT2D eigenvalue weighted by Crippen LogP contribution is -2.50. The van der Waals surface area contributed by atoms with Crippen molar-refractivity contribution >= 4 is 11.7 Å². The largest absolute Gasteiger partial charge is 0.395 e. The molecule has 0 aromatic heterocycles. The Hall–Kier alpha value is -2.10. The fraction of sp³-hybridized carbons (Fsp3) is 0.467. The Balaban J connectivity index is 1.95. The van der Waals surface area contributed by atoms with Crippen molar-refractivity contribution in [2.45, 2.75) is 6.92 Å². The molecule has 21 heavy (non-hydrogen) atoms. The summed E-state index contributed by atoms with van der Waals surface area (Å²) in [6.45, 7) is 5.52. The average molecular weight is 288 g/mol. The number of carbonyl (C=O) groups is 1. The number of urea groups is 1. The number of aliphatic hydroxyl groups excluding tert-OH is 1. The summed E-state index contributed by atoms with van der Waals surface area (Å²) < 4.78 is 0. The minimum atomic E-state index is -0.142. The van der Waals surface area contributed by atoms with Crippen LogP contribution in [0, 0.1) is 18.3 Å². The molecule has 6 heteroatoms. The number of nitrogens with zero attached hydrogens (tertiary/aromatic N) is 3. The molecule has 0 spiro atoms. The predicted octanol–water partition coefficient (Wildman–Crippen LogP) is 1.01. The first-order chi connectivity index (χ1) is 10.1. The molecule has 1 aliphatic rings. The van der Waals surface area contributed by atoms with Crippen LogP contribution in [0.25, 0.3) is 0 Å². The highest BCUT2D eigenvalue weighted by Crippen LogP contribution is 2.17. The Morgan fingerprint density at radius 3 is 2.71 bits per heavy atom. The SMILES string of the molecule is Cc1ccc(C#N)cc1NC(=O)N1CCN(CCO)CC1. The first-order valence-corrected chi connectivity index (χ1v) is 7.04. The maximum Gasteiger partial charge on any atom is 0.321 e. The molecule has 1 saturated heterocycles. The second-order valence-corrected chi connectivity index (χ2v) is 5.12. The van der Waals surface area contributed by atoms with Gasteiger partial charge < -0.3 is 15.3 Å². The number of aryl methyl sites for hydroxylation is 1. The summed E-state index contributed by atoms with van der Waals surface area (Å²) in [5.41, 5.74) is 2.14. The number of benzene rings is 1. The van der Waals surface area contributed by atoms with Gasteiger partial charge in [0.05, 0.1) is 18.2 Å². The molecule has 0 bridgehead atoms. The first kappa shape index (κ1) is 15.3. The molecule has 112 valence electrons. The number of nitriles is 1. The molecular weight excluding hydrogens is 268 g/mol. The number of carbonyl (C=O) groups excluding carboxylic acids is 1. The van der Waals surface area contributed by atoms with Crippen LogP contribution in [0.1, 0.15) is 11.1 Å². The van der Waals surface area contributed by atoms with Gasteiger partial charge in [-0.1, -0.05) is 6.07 Å². The quantitative estimate of drug-likeness (QED) is 0.870. The number of nitrogens with one attached hydrogen (secondary N) is 1. The molecule has 6 nitrogen and oxygen atoms in total. The van der Waals surface area contributed by atoms with E-state index in [1.54, 1.807) is 17.0 Å². The standard InChI is InChI=1S/C15H20N4O2/c1-12-2-3-13(11-16)10-14(12)17-15(21)19-6-4-18(5-7-19)8-9-20/h2-3,10,20H,4-9H2,1H3,(H,17,21). The van der Waals surface area contributed by atoms with Gasteiger partial charge in [0.2, 0.25) is 0 Å². The molecule has 2 amide bonds. The molecule has 1 heterocycles. The lowest BCUT2D eigenvalue weighted by atomic mass is 10.1. The maximum atomic E-state index is 12.2. The van der Waals surface area contributed by atoms with Crippen LogP contribution in [0.15, 0.2) is 18.2 Å². The third kappa shape index (κ3) is 3.94. The number of piperazine rings is 1. The van der Waals surface area contributed by atoms with E-state index < -0.39 is 0 Å². The Morgan fingerprint density at radius 1 is 1.38 bits per heavy atom. The zero-order chi connectivity index (χ0) is 15.2. The van der Waals surface area contributed by atoms with Gasteiger partial charge in [-0.15, -0.1) is 0 Å². The number of amides is 2. The Morgan fingerprint density at radius 2 is 2.10 bits per heavy atom. The van der Waals surface area contributed by atoms with Crippen molar-refractivity contribution < 1.29 is 9.90 Å². The summed E-state index contributed by atoms with van der Waals surface area (Å²) in [4.78, 5) is 16.1. The summed E-state index contributed by atoms with van der Waals surface area (Å²) in [6, 6.07) is 7.18. The number of β-amino-alcohol motifs (C(OH)–C–C–N with tert-alkyl or cyclic N) is 1. The van der Waals surface area contributed by atoms with E-state index in [-0.39, 0.29) is 12.6 Å². The van der Waals surface area contributed by atoms with Gasteiger partial charge in [0.25, 0.3) is 0 Å². The van der Waals surface area contributed by atoms with Crippen molar-refractivity contribution in [3.63, 3.8) is 0 Å². The van der Waals surface area contributed by atoms with Crippen LogP contribution >= 0.6 is 0 Å². The normalized spacial score (nSPS) is 15.6. The summed E-state index contributed by atoms with van der Waals surface area (Å²) in [5, 5.41) is 20.7. The van der Waals surface area contributed by atoms with E-state index in [0.29, 0.717) is 30.9 Å². The Labute approximate surface area is 124 Å². The van der Waals surface area contributed by atoms with Crippen LogP contribution in [0.2, 0.25) is 0 Å².